The average Bonchev–Trinajstić information content (AvgIpc) is 2.41. The molecule has 0 radical (unpaired) electrons. The molecule has 0 spiro atoms. The van der Waals surface area contributed by atoms with Gasteiger partial charge in [-0.1, -0.05) is 27.5 Å². The fourth-order valence-corrected chi connectivity index (χ4v) is 4.75. The molecule has 1 aromatic carbocycles. The normalized spacial score (nSPS) is 21.5. The summed E-state index contributed by atoms with van der Waals surface area (Å²) in [6.45, 7) is 0.902. The number of hydrogen-bond donors (Lipinski definition) is 0. The summed E-state index contributed by atoms with van der Waals surface area (Å²) in [7, 11) is -3.72. The van der Waals surface area contributed by atoms with E-state index >= 15 is 0 Å². The summed E-state index contributed by atoms with van der Waals surface area (Å²) in [4.78, 5) is -0.149. The number of nitrogens with zero attached hydrogens (tertiary/aromatic N) is 1. The van der Waals surface area contributed by atoms with Gasteiger partial charge in [-0.05, 0) is 37.0 Å². The number of sulfonamides is 1. The maximum atomic E-state index is 13.2. The number of alkyl halides is 1. The van der Waals surface area contributed by atoms with Gasteiger partial charge in [0.15, 0.2) is 0 Å². The maximum Gasteiger partial charge on any atom is 0.244 e. The van der Waals surface area contributed by atoms with Gasteiger partial charge < -0.3 is 0 Å². The molecule has 1 unspecified atom stereocenters. The number of rotatable bonds is 3. The standard InChI is InChI=1S/C12H14BrClFNO2S/c13-7-9-2-1-5-16(8-9)19(17,18)12-6-10(15)3-4-11(12)14/h3-4,6,9H,1-2,5,7-8H2. The summed E-state index contributed by atoms with van der Waals surface area (Å²) in [6.07, 6.45) is 1.80. The van der Waals surface area contributed by atoms with Crippen LogP contribution in [-0.2, 0) is 10.0 Å². The van der Waals surface area contributed by atoms with Crippen molar-refractivity contribution in [2.75, 3.05) is 18.4 Å². The highest BCUT2D eigenvalue weighted by atomic mass is 79.9. The Kier molecular flexibility index (Phi) is 4.87. The van der Waals surface area contributed by atoms with Gasteiger partial charge in [0.25, 0.3) is 0 Å². The van der Waals surface area contributed by atoms with E-state index in [1.807, 2.05) is 0 Å². The Balaban J connectivity index is 2.34. The predicted molar refractivity (Wildman–Crippen MR) is 76.7 cm³/mol. The molecule has 1 atom stereocenters. The highest BCUT2D eigenvalue weighted by Gasteiger charge is 2.31. The van der Waals surface area contributed by atoms with Crippen LogP contribution in [0.2, 0.25) is 5.02 Å². The second-order valence-corrected chi connectivity index (χ2v) is 7.56. The van der Waals surface area contributed by atoms with Gasteiger partial charge in [-0.15, -0.1) is 0 Å². The molecule has 1 heterocycles. The van der Waals surface area contributed by atoms with E-state index in [1.54, 1.807) is 0 Å². The van der Waals surface area contributed by atoms with Gasteiger partial charge in [-0.2, -0.15) is 4.31 Å². The van der Waals surface area contributed by atoms with Crippen molar-refractivity contribution in [3.8, 4) is 0 Å². The van der Waals surface area contributed by atoms with Crippen LogP contribution >= 0.6 is 27.5 Å². The van der Waals surface area contributed by atoms with Crippen LogP contribution in [0.4, 0.5) is 4.39 Å². The van der Waals surface area contributed by atoms with Gasteiger partial charge >= 0.3 is 0 Å². The zero-order valence-electron chi connectivity index (χ0n) is 10.2. The molecule has 7 heteroatoms. The van der Waals surface area contributed by atoms with Crippen molar-refractivity contribution in [3.63, 3.8) is 0 Å². The van der Waals surface area contributed by atoms with Crippen molar-refractivity contribution >= 4 is 37.6 Å². The molecular formula is C12H14BrClFNO2S. The second-order valence-electron chi connectivity index (χ2n) is 4.60. The van der Waals surface area contributed by atoms with Crippen LogP contribution in [0.25, 0.3) is 0 Å². The van der Waals surface area contributed by atoms with Crippen molar-refractivity contribution < 1.29 is 12.8 Å². The molecule has 0 aromatic heterocycles. The van der Waals surface area contributed by atoms with Crippen LogP contribution in [0, 0.1) is 11.7 Å². The van der Waals surface area contributed by atoms with Crippen molar-refractivity contribution in [2.24, 2.45) is 5.92 Å². The van der Waals surface area contributed by atoms with E-state index in [9.17, 15) is 12.8 Å². The Morgan fingerprint density at radius 3 is 2.89 bits per heavy atom. The van der Waals surface area contributed by atoms with E-state index in [1.165, 1.54) is 10.4 Å². The molecule has 0 N–H and O–H groups in total. The summed E-state index contributed by atoms with van der Waals surface area (Å²) >= 11 is 9.27. The lowest BCUT2D eigenvalue weighted by atomic mass is 10.0. The van der Waals surface area contributed by atoms with Crippen LogP contribution in [0.5, 0.6) is 0 Å². The fraction of sp³-hybridized carbons (Fsp3) is 0.500. The van der Waals surface area contributed by atoms with E-state index in [2.05, 4.69) is 15.9 Å². The van der Waals surface area contributed by atoms with Gasteiger partial charge in [0.2, 0.25) is 10.0 Å². The fourth-order valence-electron chi connectivity index (χ4n) is 2.19. The van der Waals surface area contributed by atoms with Gasteiger partial charge in [-0.25, -0.2) is 12.8 Å². The van der Waals surface area contributed by atoms with Crippen LogP contribution in [0.1, 0.15) is 12.8 Å². The molecule has 2 rings (SSSR count). The molecule has 3 nitrogen and oxygen atoms in total. The molecule has 0 saturated carbocycles. The minimum absolute atomic E-state index is 0.0577. The van der Waals surface area contributed by atoms with Crippen molar-refractivity contribution in [3.05, 3.63) is 29.0 Å². The van der Waals surface area contributed by atoms with Crippen LogP contribution in [0.3, 0.4) is 0 Å². The molecule has 1 aliphatic heterocycles. The molecule has 1 aromatic rings. The summed E-state index contributed by atoms with van der Waals surface area (Å²) in [5.74, 6) is -0.312. The van der Waals surface area contributed by atoms with Crippen LogP contribution < -0.4 is 0 Å². The van der Waals surface area contributed by atoms with E-state index in [0.29, 0.717) is 13.1 Å². The first-order chi connectivity index (χ1) is 8.95. The molecule has 1 fully saturated rings. The van der Waals surface area contributed by atoms with Crippen LogP contribution in [-0.4, -0.2) is 31.1 Å². The molecule has 0 bridgehead atoms. The Labute approximate surface area is 125 Å². The Morgan fingerprint density at radius 1 is 1.47 bits per heavy atom. The minimum Gasteiger partial charge on any atom is -0.207 e. The summed E-state index contributed by atoms with van der Waals surface area (Å²) in [5.41, 5.74) is 0. The Morgan fingerprint density at radius 2 is 2.21 bits per heavy atom. The largest absolute Gasteiger partial charge is 0.244 e. The Bertz CT molecular complexity index is 567. The molecule has 0 amide bonds. The number of hydrogen-bond acceptors (Lipinski definition) is 2. The number of halogens is 3. The van der Waals surface area contributed by atoms with Crippen molar-refractivity contribution in [1.29, 1.82) is 0 Å². The highest BCUT2D eigenvalue weighted by Crippen LogP contribution is 2.29. The lowest BCUT2D eigenvalue weighted by molar-refractivity contribution is 0.285. The van der Waals surface area contributed by atoms with Gasteiger partial charge in [-0.3, -0.25) is 0 Å². The average molecular weight is 371 g/mol. The zero-order chi connectivity index (χ0) is 14.0. The first kappa shape index (κ1) is 15.2. The molecular weight excluding hydrogens is 357 g/mol. The smallest absolute Gasteiger partial charge is 0.207 e. The Hall–Kier alpha value is -0.170. The monoisotopic (exact) mass is 369 g/mol. The summed E-state index contributed by atoms with van der Waals surface area (Å²) in [6, 6.07) is 3.41. The lowest BCUT2D eigenvalue weighted by Crippen LogP contribution is -2.40. The first-order valence-electron chi connectivity index (χ1n) is 5.96. The van der Waals surface area contributed by atoms with Crippen LogP contribution in [0.15, 0.2) is 23.1 Å². The topological polar surface area (TPSA) is 37.4 Å². The van der Waals surface area contributed by atoms with Crippen molar-refractivity contribution in [1.82, 2.24) is 4.31 Å². The van der Waals surface area contributed by atoms with Crippen molar-refractivity contribution in [2.45, 2.75) is 17.7 Å². The van der Waals surface area contributed by atoms with Gasteiger partial charge in [0.05, 0.1) is 5.02 Å². The number of benzene rings is 1. The third-order valence-corrected chi connectivity index (χ3v) is 6.47. The zero-order valence-corrected chi connectivity index (χ0v) is 13.3. The van der Waals surface area contributed by atoms with E-state index in [0.717, 1.165) is 30.3 Å². The first-order valence-corrected chi connectivity index (χ1v) is 8.90. The highest BCUT2D eigenvalue weighted by molar-refractivity contribution is 9.09. The SMILES string of the molecule is O=S(=O)(c1cc(F)ccc1Cl)N1CCCC(CBr)C1. The number of piperidine rings is 1. The third-order valence-electron chi connectivity index (χ3n) is 3.21. The molecule has 1 aliphatic rings. The van der Waals surface area contributed by atoms with E-state index < -0.39 is 15.8 Å². The molecule has 0 aliphatic carbocycles. The predicted octanol–water partition coefficient (Wildman–Crippen LogP) is 3.27. The molecule has 19 heavy (non-hydrogen) atoms. The summed E-state index contributed by atoms with van der Waals surface area (Å²) < 4.78 is 39.6. The van der Waals surface area contributed by atoms with E-state index in [-0.39, 0.29) is 15.8 Å². The quantitative estimate of drug-likeness (QED) is 0.766. The molecule has 1 saturated heterocycles. The second kappa shape index (κ2) is 6.08. The van der Waals surface area contributed by atoms with E-state index in [4.69, 9.17) is 11.6 Å². The van der Waals surface area contributed by atoms with Gasteiger partial charge in [0, 0.05) is 18.4 Å². The third kappa shape index (κ3) is 3.29. The maximum absolute atomic E-state index is 13.2. The molecule has 106 valence electrons. The summed E-state index contributed by atoms with van der Waals surface area (Å²) in [5, 5.41) is 0.818. The minimum atomic E-state index is -3.72. The van der Waals surface area contributed by atoms with Gasteiger partial charge in [0.1, 0.15) is 10.7 Å². The lowest BCUT2D eigenvalue weighted by Gasteiger charge is -2.31.